The summed E-state index contributed by atoms with van der Waals surface area (Å²) in [5.41, 5.74) is 5.69. The van der Waals surface area contributed by atoms with Gasteiger partial charge in [-0.2, -0.15) is 0 Å². The summed E-state index contributed by atoms with van der Waals surface area (Å²) < 4.78 is 37.7. The van der Waals surface area contributed by atoms with Crippen LogP contribution in [0.1, 0.15) is 42.5 Å². The van der Waals surface area contributed by atoms with Crippen LogP contribution in [-0.4, -0.2) is 34.1 Å². The Bertz CT molecular complexity index is 638. The maximum Gasteiger partial charge on any atom is 0.373 e. The predicted octanol–water partition coefficient (Wildman–Crippen LogP) is 1.03. The second kappa shape index (κ2) is 6.80. The van der Waals surface area contributed by atoms with Crippen molar-refractivity contribution in [3.05, 3.63) is 17.6 Å². The Morgan fingerprint density at radius 2 is 2.23 bits per heavy atom. The van der Waals surface area contributed by atoms with Crippen molar-refractivity contribution in [2.45, 2.75) is 43.5 Å². The topological polar surface area (TPSA) is 112 Å². The first-order valence-electron chi connectivity index (χ1n) is 7.36. The molecule has 0 aliphatic heterocycles. The van der Waals surface area contributed by atoms with Gasteiger partial charge >= 0.3 is 5.97 Å². The Balaban J connectivity index is 2.28. The number of carbonyl (C=O) groups excluding carboxylic acids is 1. The third kappa shape index (κ3) is 3.34. The molecule has 22 heavy (non-hydrogen) atoms. The summed E-state index contributed by atoms with van der Waals surface area (Å²) in [5.74, 6) is -0.416. The van der Waals surface area contributed by atoms with Crippen molar-refractivity contribution in [3.63, 3.8) is 0 Å². The van der Waals surface area contributed by atoms with Gasteiger partial charge in [-0.1, -0.05) is 13.3 Å². The van der Waals surface area contributed by atoms with E-state index in [1.54, 1.807) is 6.92 Å². The van der Waals surface area contributed by atoms with Gasteiger partial charge in [0.1, 0.15) is 10.7 Å². The molecule has 2 unspecified atom stereocenters. The lowest BCUT2D eigenvalue weighted by atomic mass is 10.1. The number of sulfonamides is 1. The summed E-state index contributed by atoms with van der Waals surface area (Å²) in [6, 6.07) is 1.05. The zero-order valence-corrected chi connectivity index (χ0v) is 13.6. The van der Waals surface area contributed by atoms with Crippen LogP contribution in [0.2, 0.25) is 0 Å². The molecule has 0 bridgehead atoms. The summed E-state index contributed by atoms with van der Waals surface area (Å²) in [6.07, 6.45) is 3.00. The molecule has 1 aliphatic rings. The molecule has 1 aliphatic carbocycles. The van der Waals surface area contributed by atoms with Crippen LogP contribution in [0.15, 0.2) is 15.4 Å². The first-order valence-corrected chi connectivity index (χ1v) is 8.84. The molecule has 1 aromatic heterocycles. The minimum atomic E-state index is -3.76. The van der Waals surface area contributed by atoms with E-state index >= 15 is 0 Å². The largest absolute Gasteiger partial charge is 0.463 e. The molecule has 8 heteroatoms. The Morgan fingerprint density at radius 1 is 1.50 bits per heavy atom. The van der Waals surface area contributed by atoms with Crippen molar-refractivity contribution >= 4 is 16.0 Å². The van der Waals surface area contributed by atoms with Gasteiger partial charge in [-0.3, -0.25) is 0 Å². The highest BCUT2D eigenvalue weighted by atomic mass is 32.2. The number of aryl methyl sites for hydroxylation is 1. The molecule has 0 amide bonds. The van der Waals surface area contributed by atoms with E-state index in [4.69, 9.17) is 10.2 Å². The van der Waals surface area contributed by atoms with Crippen molar-refractivity contribution in [2.24, 2.45) is 11.7 Å². The van der Waals surface area contributed by atoms with Gasteiger partial charge in [0.25, 0.3) is 0 Å². The minimum Gasteiger partial charge on any atom is -0.463 e. The lowest BCUT2D eigenvalue weighted by Gasteiger charge is -2.19. The summed E-state index contributed by atoms with van der Waals surface area (Å²) in [5, 5.41) is 0. The summed E-state index contributed by atoms with van der Waals surface area (Å²) in [6.45, 7) is 2.21. The predicted molar refractivity (Wildman–Crippen MR) is 79.9 cm³/mol. The van der Waals surface area contributed by atoms with E-state index in [0.29, 0.717) is 13.0 Å². The number of nitrogens with one attached hydrogen (secondary N) is 1. The third-order valence-electron chi connectivity index (χ3n) is 4.04. The summed E-state index contributed by atoms with van der Waals surface area (Å²) >= 11 is 0. The standard InChI is InChI=1S/C14H22N2O5S/c1-3-11-13(7-12(21-11)14(17)20-2)22(18,19)16-10-6-4-5-9(10)8-15/h7,9-10,16H,3-6,8,15H2,1-2H3. The fourth-order valence-electron chi connectivity index (χ4n) is 2.82. The minimum absolute atomic E-state index is 0.00179. The Labute approximate surface area is 130 Å². The molecule has 0 saturated heterocycles. The van der Waals surface area contributed by atoms with Gasteiger partial charge in [-0.25, -0.2) is 17.9 Å². The molecule has 1 aromatic rings. The fraction of sp³-hybridized carbons (Fsp3) is 0.643. The zero-order valence-electron chi connectivity index (χ0n) is 12.8. The molecule has 0 radical (unpaired) electrons. The molecule has 7 nitrogen and oxygen atoms in total. The van der Waals surface area contributed by atoms with Gasteiger partial charge in [-0.05, 0) is 25.3 Å². The Hall–Kier alpha value is -1.38. The fourth-order valence-corrected chi connectivity index (χ4v) is 4.41. The van der Waals surface area contributed by atoms with E-state index < -0.39 is 16.0 Å². The van der Waals surface area contributed by atoms with Crippen LogP contribution in [0.25, 0.3) is 0 Å². The normalized spacial score (nSPS) is 22.0. The van der Waals surface area contributed by atoms with Crippen molar-refractivity contribution in [2.75, 3.05) is 13.7 Å². The number of furan rings is 1. The monoisotopic (exact) mass is 330 g/mol. The number of rotatable bonds is 6. The lowest BCUT2D eigenvalue weighted by Crippen LogP contribution is -2.39. The van der Waals surface area contributed by atoms with Crippen LogP contribution in [0, 0.1) is 5.92 Å². The molecular weight excluding hydrogens is 308 g/mol. The highest BCUT2D eigenvalue weighted by molar-refractivity contribution is 7.89. The number of methoxy groups -OCH3 is 1. The molecule has 124 valence electrons. The van der Waals surface area contributed by atoms with Gasteiger partial charge in [0.05, 0.1) is 7.11 Å². The molecule has 1 saturated carbocycles. The summed E-state index contributed by atoms with van der Waals surface area (Å²) in [7, 11) is -2.54. The molecule has 0 aromatic carbocycles. The average molecular weight is 330 g/mol. The summed E-state index contributed by atoms with van der Waals surface area (Å²) in [4.78, 5) is 11.5. The highest BCUT2D eigenvalue weighted by Crippen LogP contribution is 2.28. The van der Waals surface area contributed by atoms with E-state index in [1.165, 1.54) is 13.2 Å². The highest BCUT2D eigenvalue weighted by Gasteiger charge is 2.33. The molecule has 0 spiro atoms. The first-order chi connectivity index (χ1) is 10.4. The van der Waals surface area contributed by atoms with Crippen LogP contribution in [0.5, 0.6) is 0 Å². The van der Waals surface area contributed by atoms with E-state index in [1.807, 2.05) is 0 Å². The van der Waals surface area contributed by atoms with Crippen molar-refractivity contribution in [1.82, 2.24) is 4.72 Å². The van der Waals surface area contributed by atoms with E-state index in [-0.39, 0.29) is 28.4 Å². The van der Waals surface area contributed by atoms with Crippen molar-refractivity contribution in [1.29, 1.82) is 0 Å². The van der Waals surface area contributed by atoms with E-state index in [2.05, 4.69) is 9.46 Å². The number of hydrogen-bond acceptors (Lipinski definition) is 6. The van der Waals surface area contributed by atoms with Gasteiger partial charge in [-0.15, -0.1) is 0 Å². The number of nitrogens with two attached hydrogens (primary N) is 1. The first kappa shape index (κ1) is 17.0. The van der Waals surface area contributed by atoms with Crippen LogP contribution in [0.3, 0.4) is 0 Å². The number of carbonyl (C=O) groups is 1. The maximum absolute atomic E-state index is 12.6. The molecule has 1 fully saturated rings. The second-order valence-corrected chi connectivity index (χ2v) is 7.08. The number of ether oxygens (including phenoxy) is 1. The van der Waals surface area contributed by atoms with Crippen LogP contribution < -0.4 is 10.5 Å². The average Bonchev–Trinajstić information content (AvgIpc) is 3.12. The van der Waals surface area contributed by atoms with Gasteiger partial charge in [0, 0.05) is 18.5 Å². The quantitative estimate of drug-likeness (QED) is 0.754. The Kier molecular flexibility index (Phi) is 5.25. The maximum atomic E-state index is 12.6. The van der Waals surface area contributed by atoms with E-state index in [0.717, 1.165) is 19.3 Å². The molecule has 3 N–H and O–H groups in total. The van der Waals surface area contributed by atoms with Crippen molar-refractivity contribution < 1.29 is 22.4 Å². The smallest absolute Gasteiger partial charge is 0.373 e. The van der Waals surface area contributed by atoms with Gasteiger partial charge < -0.3 is 14.9 Å². The molecule has 2 rings (SSSR count). The van der Waals surface area contributed by atoms with Gasteiger partial charge in [0.2, 0.25) is 15.8 Å². The Morgan fingerprint density at radius 3 is 2.82 bits per heavy atom. The third-order valence-corrected chi connectivity index (χ3v) is 5.57. The second-order valence-electron chi connectivity index (χ2n) is 5.40. The van der Waals surface area contributed by atoms with Gasteiger partial charge in [0.15, 0.2) is 0 Å². The number of esters is 1. The molecule has 1 heterocycles. The molecule has 2 atom stereocenters. The van der Waals surface area contributed by atoms with Crippen LogP contribution in [-0.2, 0) is 21.2 Å². The molecular formula is C14H22N2O5S. The van der Waals surface area contributed by atoms with E-state index in [9.17, 15) is 13.2 Å². The van der Waals surface area contributed by atoms with Crippen molar-refractivity contribution in [3.8, 4) is 0 Å². The van der Waals surface area contributed by atoms with Crippen LogP contribution in [0.4, 0.5) is 0 Å². The SMILES string of the molecule is CCc1oc(C(=O)OC)cc1S(=O)(=O)NC1CCCC1CN. The lowest BCUT2D eigenvalue weighted by molar-refractivity contribution is 0.0563. The zero-order chi connectivity index (χ0) is 16.3. The van der Waals surface area contributed by atoms with Crippen LogP contribution >= 0.6 is 0 Å². The number of hydrogen-bond donors (Lipinski definition) is 2.